The average molecular weight is 214 g/mol. The predicted octanol–water partition coefficient (Wildman–Crippen LogP) is 1.93. The molecule has 0 aliphatic carbocycles. The molecule has 0 atom stereocenters. The van der Waals surface area contributed by atoms with Crippen molar-refractivity contribution in [1.29, 1.82) is 0 Å². The molecule has 90 valence electrons. The standard InChI is InChI=1S/C12H26N2O/c1-11(2,3)7-8-13-9-10(15)14-12(4,5)6/h13H,7-9H2,1-6H3,(H,14,15). The Morgan fingerprint density at radius 1 is 1.07 bits per heavy atom. The maximum absolute atomic E-state index is 11.4. The highest BCUT2D eigenvalue weighted by Crippen LogP contribution is 2.16. The van der Waals surface area contributed by atoms with Gasteiger partial charge in [0.25, 0.3) is 0 Å². The van der Waals surface area contributed by atoms with Crippen molar-refractivity contribution in [1.82, 2.24) is 10.6 Å². The summed E-state index contributed by atoms with van der Waals surface area (Å²) >= 11 is 0. The van der Waals surface area contributed by atoms with E-state index in [2.05, 4.69) is 31.4 Å². The molecule has 2 N–H and O–H groups in total. The largest absolute Gasteiger partial charge is 0.350 e. The van der Waals surface area contributed by atoms with Crippen LogP contribution in [0.4, 0.5) is 0 Å². The first kappa shape index (κ1) is 14.4. The first-order valence-corrected chi connectivity index (χ1v) is 5.62. The number of rotatable bonds is 4. The zero-order valence-corrected chi connectivity index (χ0v) is 11.0. The second kappa shape index (κ2) is 5.50. The lowest BCUT2D eigenvalue weighted by molar-refractivity contribution is -0.121. The Morgan fingerprint density at radius 2 is 1.60 bits per heavy atom. The highest BCUT2D eigenvalue weighted by molar-refractivity contribution is 5.78. The minimum Gasteiger partial charge on any atom is -0.350 e. The molecule has 0 unspecified atom stereocenters. The van der Waals surface area contributed by atoms with E-state index in [-0.39, 0.29) is 11.4 Å². The fourth-order valence-electron chi connectivity index (χ4n) is 1.13. The van der Waals surface area contributed by atoms with Gasteiger partial charge in [-0.1, -0.05) is 20.8 Å². The maximum Gasteiger partial charge on any atom is 0.234 e. The van der Waals surface area contributed by atoms with E-state index in [1.165, 1.54) is 0 Å². The molecule has 0 aliphatic rings. The van der Waals surface area contributed by atoms with Crippen molar-refractivity contribution in [3.63, 3.8) is 0 Å². The lowest BCUT2D eigenvalue weighted by Crippen LogP contribution is -2.45. The van der Waals surface area contributed by atoms with Crippen LogP contribution in [0.3, 0.4) is 0 Å². The van der Waals surface area contributed by atoms with E-state index in [0.29, 0.717) is 12.0 Å². The molecule has 0 bridgehead atoms. The van der Waals surface area contributed by atoms with E-state index in [9.17, 15) is 4.79 Å². The Kier molecular flexibility index (Phi) is 5.29. The van der Waals surface area contributed by atoms with Gasteiger partial charge < -0.3 is 10.6 Å². The van der Waals surface area contributed by atoms with Crippen LogP contribution >= 0.6 is 0 Å². The summed E-state index contributed by atoms with van der Waals surface area (Å²) in [5.74, 6) is 0.0661. The summed E-state index contributed by atoms with van der Waals surface area (Å²) in [6, 6.07) is 0. The molecule has 0 aromatic rings. The SMILES string of the molecule is CC(C)(C)CCNCC(=O)NC(C)(C)C. The zero-order chi connectivity index (χ0) is 12.1. The summed E-state index contributed by atoms with van der Waals surface area (Å²) in [5.41, 5.74) is 0.191. The lowest BCUT2D eigenvalue weighted by atomic mass is 9.92. The number of hydrogen-bond donors (Lipinski definition) is 2. The predicted molar refractivity (Wildman–Crippen MR) is 64.8 cm³/mol. The monoisotopic (exact) mass is 214 g/mol. The van der Waals surface area contributed by atoms with Crippen molar-refractivity contribution in [2.24, 2.45) is 5.41 Å². The lowest BCUT2D eigenvalue weighted by Gasteiger charge is -2.21. The molecule has 0 saturated carbocycles. The number of carbonyl (C=O) groups is 1. The van der Waals surface area contributed by atoms with Gasteiger partial charge >= 0.3 is 0 Å². The summed E-state index contributed by atoms with van der Waals surface area (Å²) in [5, 5.41) is 6.07. The van der Waals surface area contributed by atoms with E-state index in [0.717, 1.165) is 13.0 Å². The number of carbonyl (C=O) groups excluding carboxylic acids is 1. The molecule has 0 saturated heterocycles. The zero-order valence-electron chi connectivity index (χ0n) is 11.0. The van der Waals surface area contributed by atoms with E-state index in [4.69, 9.17) is 0 Å². The number of hydrogen-bond acceptors (Lipinski definition) is 2. The van der Waals surface area contributed by atoms with E-state index in [1.54, 1.807) is 0 Å². The van der Waals surface area contributed by atoms with Gasteiger partial charge in [0.2, 0.25) is 5.91 Å². The highest BCUT2D eigenvalue weighted by atomic mass is 16.2. The fourth-order valence-corrected chi connectivity index (χ4v) is 1.13. The quantitative estimate of drug-likeness (QED) is 0.702. The molecule has 0 fully saturated rings. The maximum atomic E-state index is 11.4. The first-order chi connectivity index (χ1) is 6.60. The molecule has 0 aliphatic heterocycles. The minimum atomic E-state index is -0.136. The van der Waals surface area contributed by atoms with E-state index in [1.807, 2.05) is 20.8 Å². The molecular weight excluding hydrogens is 188 g/mol. The van der Waals surface area contributed by atoms with E-state index >= 15 is 0 Å². The minimum absolute atomic E-state index is 0.0661. The second-order valence-electron chi connectivity index (χ2n) is 6.29. The van der Waals surface area contributed by atoms with Crippen LogP contribution in [0, 0.1) is 5.41 Å². The average Bonchev–Trinajstić information content (AvgIpc) is 1.92. The van der Waals surface area contributed by atoms with Crippen LogP contribution in [0.1, 0.15) is 48.0 Å². The Balaban J connectivity index is 3.57. The summed E-state index contributed by atoms with van der Waals surface area (Å²) in [6.45, 7) is 13.9. The molecule has 0 aromatic heterocycles. The van der Waals surface area contributed by atoms with Crippen LogP contribution in [0.2, 0.25) is 0 Å². The van der Waals surface area contributed by atoms with Crippen molar-refractivity contribution in [3.8, 4) is 0 Å². The summed E-state index contributed by atoms with van der Waals surface area (Å²) < 4.78 is 0. The van der Waals surface area contributed by atoms with Gasteiger partial charge in [-0.15, -0.1) is 0 Å². The Hall–Kier alpha value is -0.570. The third kappa shape index (κ3) is 11.4. The van der Waals surface area contributed by atoms with Crippen molar-refractivity contribution in [2.45, 2.75) is 53.5 Å². The van der Waals surface area contributed by atoms with Crippen molar-refractivity contribution in [2.75, 3.05) is 13.1 Å². The third-order valence-corrected chi connectivity index (χ3v) is 1.85. The van der Waals surface area contributed by atoms with Crippen LogP contribution in [0.25, 0.3) is 0 Å². The van der Waals surface area contributed by atoms with Crippen LogP contribution in [0.15, 0.2) is 0 Å². The van der Waals surface area contributed by atoms with Crippen LogP contribution in [-0.2, 0) is 4.79 Å². The van der Waals surface area contributed by atoms with Gasteiger partial charge in [0.1, 0.15) is 0 Å². The van der Waals surface area contributed by atoms with Gasteiger partial charge in [-0.05, 0) is 39.2 Å². The van der Waals surface area contributed by atoms with Gasteiger partial charge in [-0.2, -0.15) is 0 Å². The van der Waals surface area contributed by atoms with Crippen molar-refractivity contribution >= 4 is 5.91 Å². The van der Waals surface area contributed by atoms with Gasteiger partial charge in [0.15, 0.2) is 0 Å². The second-order valence-corrected chi connectivity index (χ2v) is 6.29. The van der Waals surface area contributed by atoms with Gasteiger partial charge in [0, 0.05) is 5.54 Å². The fraction of sp³-hybridized carbons (Fsp3) is 0.917. The third-order valence-electron chi connectivity index (χ3n) is 1.85. The molecule has 0 heterocycles. The molecule has 3 heteroatoms. The highest BCUT2D eigenvalue weighted by Gasteiger charge is 2.13. The number of amides is 1. The van der Waals surface area contributed by atoms with Gasteiger partial charge in [-0.25, -0.2) is 0 Å². The van der Waals surface area contributed by atoms with Crippen LogP contribution in [0.5, 0.6) is 0 Å². The Morgan fingerprint density at radius 3 is 2.00 bits per heavy atom. The summed E-state index contributed by atoms with van der Waals surface area (Å²) in [4.78, 5) is 11.4. The van der Waals surface area contributed by atoms with Gasteiger partial charge in [0.05, 0.1) is 6.54 Å². The molecule has 3 nitrogen and oxygen atoms in total. The molecule has 15 heavy (non-hydrogen) atoms. The molecule has 1 amide bonds. The van der Waals surface area contributed by atoms with Crippen LogP contribution < -0.4 is 10.6 Å². The topological polar surface area (TPSA) is 41.1 Å². The van der Waals surface area contributed by atoms with E-state index < -0.39 is 0 Å². The smallest absolute Gasteiger partial charge is 0.234 e. The molecule has 0 spiro atoms. The molecular formula is C12H26N2O. The van der Waals surface area contributed by atoms with Gasteiger partial charge in [-0.3, -0.25) is 4.79 Å². The first-order valence-electron chi connectivity index (χ1n) is 5.62. The summed E-state index contributed by atoms with van der Waals surface area (Å²) in [6.07, 6.45) is 1.08. The molecule has 0 rings (SSSR count). The number of nitrogens with one attached hydrogen (secondary N) is 2. The normalized spacial score (nSPS) is 12.7. The summed E-state index contributed by atoms with van der Waals surface area (Å²) in [7, 11) is 0. The van der Waals surface area contributed by atoms with Crippen molar-refractivity contribution < 1.29 is 4.79 Å². The molecule has 0 radical (unpaired) electrons. The Labute approximate surface area is 94.0 Å². The molecule has 0 aromatic carbocycles. The van der Waals surface area contributed by atoms with Crippen molar-refractivity contribution in [3.05, 3.63) is 0 Å². The van der Waals surface area contributed by atoms with Crippen LogP contribution in [-0.4, -0.2) is 24.5 Å². The Bertz CT molecular complexity index is 199.